The lowest BCUT2D eigenvalue weighted by molar-refractivity contribution is -0.187. The minimum Gasteiger partial charge on any atom is -0.491 e. The van der Waals surface area contributed by atoms with Crippen molar-refractivity contribution in [3.8, 4) is 11.5 Å². The van der Waals surface area contributed by atoms with Crippen molar-refractivity contribution in [2.24, 2.45) is 0 Å². The number of aliphatic carboxylic acids is 1. The first kappa shape index (κ1) is 18.4. The Morgan fingerprint density at radius 3 is 2.67 bits per heavy atom. The highest BCUT2D eigenvalue weighted by atomic mass is 35.5. The predicted molar refractivity (Wildman–Crippen MR) is 82.6 cm³/mol. The molecule has 1 aromatic carbocycles. The molecule has 0 fully saturated rings. The molecular weight excluding hydrogens is 349 g/mol. The van der Waals surface area contributed by atoms with E-state index in [-0.39, 0.29) is 22.1 Å². The summed E-state index contributed by atoms with van der Waals surface area (Å²) in [7, 11) is 0. The fraction of sp³-hybridized carbons (Fsp3) is 0.438. The van der Waals surface area contributed by atoms with E-state index in [0.717, 1.165) is 25.3 Å². The van der Waals surface area contributed by atoms with Crippen LogP contribution in [-0.4, -0.2) is 30.0 Å². The Bertz CT molecular complexity index is 655. The van der Waals surface area contributed by atoms with E-state index in [1.165, 1.54) is 12.1 Å². The standard InChI is InChI=1S/C16H16ClF3O4/c1-2-3-4-7-23-13-9-8-10(15(21)22)14(16(18,19)20)24-12(9)6-5-11(13)17/h5-6,8,14H,2-4,7H2,1H3,(H,21,22). The van der Waals surface area contributed by atoms with Crippen LogP contribution in [0.3, 0.4) is 0 Å². The van der Waals surface area contributed by atoms with Gasteiger partial charge in [0.05, 0.1) is 22.8 Å². The van der Waals surface area contributed by atoms with Crippen LogP contribution in [0.5, 0.6) is 11.5 Å². The number of rotatable bonds is 6. The molecule has 0 aromatic heterocycles. The van der Waals surface area contributed by atoms with Crippen molar-refractivity contribution in [3.63, 3.8) is 0 Å². The molecule has 0 spiro atoms. The van der Waals surface area contributed by atoms with Crippen LogP contribution in [-0.2, 0) is 4.79 Å². The summed E-state index contributed by atoms with van der Waals surface area (Å²) in [5, 5.41) is 9.26. The van der Waals surface area contributed by atoms with Crippen molar-refractivity contribution in [2.45, 2.75) is 38.5 Å². The molecule has 132 valence electrons. The van der Waals surface area contributed by atoms with Gasteiger partial charge >= 0.3 is 12.1 Å². The molecule has 1 aliphatic rings. The number of hydrogen-bond donors (Lipinski definition) is 1. The van der Waals surface area contributed by atoms with E-state index in [1.807, 2.05) is 6.92 Å². The van der Waals surface area contributed by atoms with Gasteiger partial charge in [-0.15, -0.1) is 0 Å². The molecule has 1 N–H and O–H groups in total. The van der Waals surface area contributed by atoms with Gasteiger partial charge in [-0.3, -0.25) is 0 Å². The zero-order valence-corrected chi connectivity index (χ0v) is 13.6. The van der Waals surface area contributed by atoms with Crippen molar-refractivity contribution in [1.29, 1.82) is 0 Å². The van der Waals surface area contributed by atoms with E-state index in [2.05, 4.69) is 0 Å². The topological polar surface area (TPSA) is 55.8 Å². The minimum absolute atomic E-state index is 0.108. The molecule has 0 aliphatic carbocycles. The molecule has 0 saturated heterocycles. The first-order chi connectivity index (χ1) is 11.3. The average Bonchev–Trinajstić information content (AvgIpc) is 2.51. The minimum atomic E-state index is -4.84. The lowest BCUT2D eigenvalue weighted by Crippen LogP contribution is -2.40. The maximum Gasteiger partial charge on any atom is 0.430 e. The highest BCUT2D eigenvalue weighted by Crippen LogP contribution is 2.43. The van der Waals surface area contributed by atoms with Crippen molar-refractivity contribution in [1.82, 2.24) is 0 Å². The number of carboxylic acid groups (broad SMARTS) is 1. The average molecular weight is 365 g/mol. The summed E-state index contributed by atoms with van der Waals surface area (Å²) in [6.07, 6.45) is -3.81. The van der Waals surface area contributed by atoms with Crippen LogP contribution >= 0.6 is 11.6 Å². The lowest BCUT2D eigenvalue weighted by atomic mass is 10.0. The van der Waals surface area contributed by atoms with Crippen molar-refractivity contribution >= 4 is 23.6 Å². The van der Waals surface area contributed by atoms with Gasteiger partial charge in [0, 0.05) is 0 Å². The highest BCUT2D eigenvalue weighted by Gasteiger charge is 2.48. The quantitative estimate of drug-likeness (QED) is 0.743. The molecule has 8 heteroatoms. The van der Waals surface area contributed by atoms with Crippen molar-refractivity contribution < 1.29 is 32.5 Å². The van der Waals surface area contributed by atoms with Gasteiger partial charge in [0.1, 0.15) is 11.5 Å². The molecule has 2 rings (SSSR count). The van der Waals surface area contributed by atoms with Crippen LogP contribution in [0.1, 0.15) is 31.7 Å². The van der Waals surface area contributed by atoms with E-state index in [1.54, 1.807) is 0 Å². The number of benzene rings is 1. The second kappa shape index (κ2) is 7.34. The number of carboxylic acids is 1. The number of ether oxygens (including phenoxy) is 2. The van der Waals surface area contributed by atoms with E-state index >= 15 is 0 Å². The Morgan fingerprint density at radius 1 is 1.38 bits per heavy atom. The Labute approximate surface area is 141 Å². The van der Waals surface area contributed by atoms with Crippen LogP contribution in [0, 0.1) is 0 Å². The summed E-state index contributed by atoms with van der Waals surface area (Å²) in [6.45, 7) is 2.34. The largest absolute Gasteiger partial charge is 0.491 e. The predicted octanol–water partition coefficient (Wildman–Crippen LogP) is 4.70. The van der Waals surface area contributed by atoms with Crippen molar-refractivity contribution in [2.75, 3.05) is 6.61 Å². The van der Waals surface area contributed by atoms with Crippen LogP contribution in [0.25, 0.3) is 6.08 Å². The third-order valence-electron chi connectivity index (χ3n) is 3.47. The van der Waals surface area contributed by atoms with E-state index < -0.39 is 23.8 Å². The Morgan fingerprint density at radius 2 is 2.08 bits per heavy atom. The normalized spacial score (nSPS) is 16.9. The highest BCUT2D eigenvalue weighted by molar-refractivity contribution is 6.32. The SMILES string of the molecule is CCCCCOc1c(Cl)ccc2c1C=C(C(=O)O)C(C(F)(F)F)O2. The number of halogens is 4. The van der Waals surface area contributed by atoms with Crippen LogP contribution in [0.4, 0.5) is 13.2 Å². The number of alkyl halides is 3. The molecule has 0 amide bonds. The number of hydrogen-bond acceptors (Lipinski definition) is 3. The van der Waals surface area contributed by atoms with Crippen LogP contribution in [0.15, 0.2) is 17.7 Å². The van der Waals surface area contributed by atoms with E-state index in [9.17, 15) is 18.0 Å². The molecule has 0 radical (unpaired) electrons. The second-order valence-electron chi connectivity index (χ2n) is 5.29. The molecule has 1 aromatic rings. The smallest absolute Gasteiger partial charge is 0.430 e. The van der Waals surface area contributed by atoms with Crippen molar-refractivity contribution in [3.05, 3.63) is 28.3 Å². The molecule has 1 atom stereocenters. The van der Waals surface area contributed by atoms with Gasteiger partial charge < -0.3 is 14.6 Å². The zero-order chi connectivity index (χ0) is 17.9. The summed E-state index contributed by atoms with van der Waals surface area (Å²) in [6, 6.07) is 2.63. The molecule has 1 aliphatic heterocycles. The van der Waals surface area contributed by atoms with Crippen LogP contribution < -0.4 is 9.47 Å². The second-order valence-corrected chi connectivity index (χ2v) is 5.70. The van der Waals surface area contributed by atoms with Gasteiger partial charge in [-0.2, -0.15) is 13.2 Å². The fourth-order valence-electron chi connectivity index (χ4n) is 2.31. The fourth-order valence-corrected chi connectivity index (χ4v) is 2.53. The summed E-state index contributed by atoms with van der Waals surface area (Å²) < 4.78 is 49.5. The third-order valence-corrected chi connectivity index (χ3v) is 3.77. The molecule has 1 unspecified atom stereocenters. The first-order valence-corrected chi connectivity index (χ1v) is 7.77. The third kappa shape index (κ3) is 3.95. The monoisotopic (exact) mass is 364 g/mol. The molecule has 0 saturated carbocycles. The lowest BCUT2D eigenvalue weighted by Gasteiger charge is -2.28. The Hall–Kier alpha value is -1.89. The summed E-state index contributed by atoms with van der Waals surface area (Å²) in [5.41, 5.74) is -0.799. The maximum absolute atomic E-state index is 13.0. The molecule has 4 nitrogen and oxygen atoms in total. The van der Waals surface area contributed by atoms with E-state index in [0.29, 0.717) is 6.61 Å². The molecule has 0 bridgehead atoms. The van der Waals surface area contributed by atoms with Crippen LogP contribution in [0.2, 0.25) is 5.02 Å². The summed E-state index contributed by atoms with van der Waals surface area (Å²) in [5.74, 6) is -1.69. The van der Waals surface area contributed by atoms with Gasteiger partial charge in [-0.05, 0) is 24.6 Å². The molecule has 1 heterocycles. The first-order valence-electron chi connectivity index (χ1n) is 7.39. The molecule has 24 heavy (non-hydrogen) atoms. The summed E-state index contributed by atoms with van der Waals surface area (Å²) in [4.78, 5) is 11.2. The van der Waals surface area contributed by atoms with E-state index in [4.69, 9.17) is 26.2 Å². The zero-order valence-electron chi connectivity index (χ0n) is 12.8. The Balaban J connectivity index is 2.41. The van der Waals surface area contributed by atoms with Gasteiger partial charge in [-0.1, -0.05) is 31.4 Å². The Kier molecular flexibility index (Phi) is 5.64. The summed E-state index contributed by atoms with van der Waals surface area (Å²) >= 11 is 6.05. The van der Waals surface area contributed by atoms with Gasteiger partial charge in [0.25, 0.3) is 0 Å². The van der Waals surface area contributed by atoms with Gasteiger partial charge in [-0.25, -0.2) is 4.79 Å². The molecular formula is C16H16ClF3O4. The number of unbranched alkanes of at least 4 members (excludes halogenated alkanes) is 2. The van der Waals surface area contributed by atoms with Gasteiger partial charge in [0.2, 0.25) is 6.10 Å². The maximum atomic E-state index is 13.0. The number of fused-ring (bicyclic) bond motifs is 1. The van der Waals surface area contributed by atoms with Gasteiger partial charge in [0.15, 0.2) is 0 Å². The number of carbonyl (C=O) groups is 1.